The van der Waals surface area contributed by atoms with E-state index in [-0.39, 0.29) is 11.7 Å². The number of benzene rings is 4. The molecule has 0 saturated carbocycles. The molecule has 2 aliphatic heterocycles. The van der Waals surface area contributed by atoms with Crippen LogP contribution < -0.4 is 27.0 Å². The van der Waals surface area contributed by atoms with Gasteiger partial charge in [-0.05, 0) is 69.6 Å². The first-order valence-electron chi connectivity index (χ1n) is 15.8. The molecule has 0 aliphatic carbocycles. The van der Waals surface area contributed by atoms with Gasteiger partial charge >= 0.3 is 6.18 Å². The number of amides is 1. The van der Waals surface area contributed by atoms with Gasteiger partial charge in [0.1, 0.15) is 5.69 Å². The van der Waals surface area contributed by atoms with E-state index in [0.717, 1.165) is 63.9 Å². The minimum absolute atomic E-state index is 0.130. The maximum atomic E-state index is 14.7. The molecule has 49 heavy (non-hydrogen) atoms. The zero-order valence-corrected chi connectivity index (χ0v) is 26.3. The lowest BCUT2D eigenvalue weighted by Crippen LogP contribution is -2.41. The minimum atomic E-state index is -4.55. The molecule has 0 spiro atoms. The molecule has 0 radical (unpaired) electrons. The first-order valence-corrected chi connectivity index (χ1v) is 15.8. The summed E-state index contributed by atoms with van der Waals surface area (Å²) in [5, 5.41) is 5.51. The van der Waals surface area contributed by atoms with Crippen LogP contribution in [-0.4, -0.2) is 46.2 Å². The van der Waals surface area contributed by atoms with Crippen LogP contribution in [-0.2, 0) is 0 Å². The topological polar surface area (TPSA) is 140 Å². The van der Waals surface area contributed by atoms with Crippen molar-refractivity contribution >= 4 is 55.4 Å². The van der Waals surface area contributed by atoms with E-state index in [1.54, 1.807) is 17.3 Å². The lowest BCUT2D eigenvalue weighted by molar-refractivity contribution is -0.0959. The summed E-state index contributed by atoms with van der Waals surface area (Å²) in [5.41, 5.74) is 18.9. The van der Waals surface area contributed by atoms with Crippen LogP contribution in [0.25, 0.3) is 32.3 Å². The van der Waals surface area contributed by atoms with Gasteiger partial charge in [-0.3, -0.25) is 9.78 Å². The van der Waals surface area contributed by atoms with Crippen LogP contribution in [0.2, 0.25) is 0 Å². The molecule has 248 valence electrons. The van der Waals surface area contributed by atoms with E-state index in [2.05, 4.69) is 19.9 Å². The summed E-state index contributed by atoms with van der Waals surface area (Å²) < 4.78 is 44.2. The van der Waals surface area contributed by atoms with Crippen LogP contribution in [0.4, 0.5) is 30.4 Å². The molecular formula is C37H33F3N8O. The number of halogens is 3. The molecule has 4 heterocycles. The summed E-state index contributed by atoms with van der Waals surface area (Å²) in [4.78, 5) is 26.1. The monoisotopic (exact) mass is 662 g/mol. The van der Waals surface area contributed by atoms with Crippen molar-refractivity contribution in [1.82, 2.24) is 15.0 Å². The molecule has 12 heteroatoms. The number of nitrogens with zero attached hydrogens (tertiary/aromatic N) is 5. The average molecular weight is 663 g/mol. The lowest BCUT2D eigenvalue weighted by atomic mass is 9.86. The highest BCUT2D eigenvalue weighted by Crippen LogP contribution is 2.48. The summed E-state index contributed by atoms with van der Waals surface area (Å²) in [6, 6.07) is 18.2. The van der Waals surface area contributed by atoms with E-state index in [1.807, 2.05) is 60.7 Å². The number of allylic oxidation sites excluding steroid dienone is 2. The zero-order valence-electron chi connectivity index (χ0n) is 26.3. The Kier molecular flexibility index (Phi) is 8.25. The Labute approximate surface area is 279 Å². The van der Waals surface area contributed by atoms with E-state index in [0.29, 0.717) is 17.1 Å². The Hall–Kier alpha value is -5.75. The standard InChI is InChI=1S/C32H28F3N5.C5H5N3O/c33-32(34,35)25-3-2-16-40(31-27(4-1-15-38-31)39-17-13-21(36)14-18-39)30(25)23-9-7-19-5-6-20-8-12-26(37)24-11-10-22(23)28(19)29(20)24;6-5(9)4-3-7-1-2-8-4/h1-12,15-16,21,30H,13-14,17-18,36-37H2;1-3H,(H2,6,9). The van der Waals surface area contributed by atoms with Gasteiger partial charge in [-0.25, -0.2) is 9.97 Å². The fraction of sp³-hybridized carbons (Fsp3) is 0.189. The van der Waals surface area contributed by atoms with Gasteiger partial charge in [-0.15, -0.1) is 0 Å². The van der Waals surface area contributed by atoms with Crippen LogP contribution in [0, 0.1) is 0 Å². The van der Waals surface area contributed by atoms with E-state index in [1.165, 1.54) is 30.7 Å². The summed E-state index contributed by atoms with van der Waals surface area (Å²) in [6.07, 6.45) is 7.29. The molecule has 1 fully saturated rings. The summed E-state index contributed by atoms with van der Waals surface area (Å²) in [7, 11) is 0. The molecule has 1 amide bonds. The van der Waals surface area contributed by atoms with Gasteiger partial charge in [-0.2, -0.15) is 13.2 Å². The lowest BCUT2D eigenvalue weighted by Gasteiger charge is -2.39. The molecule has 2 aliphatic rings. The number of piperidine rings is 1. The van der Waals surface area contributed by atoms with E-state index >= 15 is 0 Å². The van der Waals surface area contributed by atoms with Crippen LogP contribution in [0.5, 0.6) is 0 Å². The van der Waals surface area contributed by atoms with Gasteiger partial charge in [0.05, 0.1) is 23.5 Å². The number of alkyl halides is 3. The second-order valence-corrected chi connectivity index (χ2v) is 12.1. The van der Waals surface area contributed by atoms with Gasteiger partial charge in [0.25, 0.3) is 5.91 Å². The number of carbonyl (C=O) groups excluding carboxylic acids is 1. The largest absolute Gasteiger partial charge is 0.415 e. The molecule has 4 aromatic carbocycles. The van der Waals surface area contributed by atoms with Crippen LogP contribution in [0.3, 0.4) is 0 Å². The number of pyridine rings is 1. The van der Waals surface area contributed by atoms with Crippen LogP contribution >= 0.6 is 0 Å². The van der Waals surface area contributed by atoms with Crippen molar-refractivity contribution in [2.75, 3.05) is 28.6 Å². The number of hydrogen-bond acceptors (Lipinski definition) is 8. The number of nitrogen functional groups attached to an aromatic ring is 1. The fourth-order valence-electron chi connectivity index (χ4n) is 6.81. The minimum Gasteiger partial charge on any atom is -0.398 e. The molecule has 1 unspecified atom stereocenters. The Bertz CT molecular complexity index is 2210. The number of carbonyl (C=O) groups is 1. The smallest absolute Gasteiger partial charge is 0.398 e. The molecule has 2 aromatic heterocycles. The van der Waals surface area contributed by atoms with Crippen molar-refractivity contribution in [3.8, 4) is 0 Å². The molecule has 8 rings (SSSR count). The van der Waals surface area contributed by atoms with Gasteiger partial charge in [0, 0.05) is 55.0 Å². The average Bonchev–Trinajstić information content (AvgIpc) is 3.11. The number of anilines is 3. The van der Waals surface area contributed by atoms with Crippen molar-refractivity contribution in [3.05, 3.63) is 121 Å². The molecule has 9 nitrogen and oxygen atoms in total. The van der Waals surface area contributed by atoms with Gasteiger partial charge in [0.15, 0.2) is 5.82 Å². The molecule has 0 bridgehead atoms. The number of aromatic nitrogens is 3. The predicted octanol–water partition coefficient (Wildman–Crippen LogP) is 6.63. The fourth-order valence-corrected chi connectivity index (χ4v) is 6.81. The third kappa shape index (κ3) is 5.95. The third-order valence-electron chi connectivity index (χ3n) is 9.16. The number of nitrogens with two attached hydrogens (primary N) is 3. The molecular weight excluding hydrogens is 629 g/mol. The van der Waals surface area contributed by atoms with Gasteiger partial charge in [-0.1, -0.05) is 48.5 Å². The third-order valence-corrected chi connectivity index (χ3v) is 9.16. The second-order valence-electron chi connectivity index (χ2n) is 12.1. The Balaban J connectivity index is 0.000000367. The van der Waals surface area contributed by atoms with Crippen molar-refractivity contribution in [3.63, 3.8) is 0 Å². The predicted molar refractivity (Wildman–Crippen MR) is 187 cm³/mol. The van der Waals surface area contributed by atoms with Gasteiger partial charge < -0.3 is 27.0 Å². The van der Waals surface area contributed by atoms with E-state index < -0.39 is 23.7 Å². The van der Waals surface area contributed by atoms with Crippen molar-refractivity contribution < 1.29 is 18.0 Å². The number of primary amides is 1. The second kappa shape index (κ2) is 12.7. The highest BCUT2D eigenvalue weighted by atomic mass is 19.4. The van der Waals surface area contributed by atoms with Crippen LogP contribution in [0.15, 0.2) is 109 Å². The van der Waals surface area contributed by atoms with E-state index in [9.17, 15) is 18.0 Å². The summed E-state index contributed by atoms with van der Waals surface area (Å²) >= 11 is 0. The molecule has 6 aromatic rings. The first-order chi connectivity index (χ1) is 23.6. The van der Waals surface area contributed by atoms with Crippen molar-refractivity contribution in [2.45, 2.75) is 31.1 Å². The Morgan fingerprint density at radius 1 is 0.857 bits per heavy atom. The highest BCUT2D eigenvalue weighted by Gasteiger charge is 2.44. The zero-order chi connectivity index (χ0) is 34.3. The molecule has 6 N–H and O–H groups in total. The van der Waals surface area contributed by atoms with Crippen molar-refractivity contribution in [2.24, 2.45) is 11.5 Å². The Morgan fingerprint density at radius 2 is 1.55 bits per heavy atom. The summed E-state index contributed by atoms with van der Waals surface area (Å²) in [5.74, 6) is -0.0629. The van der Waals surface area contributed by atoms with E-state index in [4.69, 9.17) is 17.2 Å². The highest BCUT2D eigenvalue weighted by molar-refractivity contribution is 6.25. The van der Waals surface area contributed by atoms with Crippen molar-refractivity contribution in [1.29, 1.82) is 0 Å². The first kappa shape index (κ1) is 31.8. The maximum Gasteiger partial charge on any atom is 0.415 e. The molecule has 1 atom stereocenters. The SMILES string of the molecule is NC(=O)c1cnccn1.Nc1ccc2ccc3ccc(C4C(C(F)(F)F)=CC=CN4c4ncccc4N4CCC(N)CC4)c4ccc1c2c34. The Morgan fingerprint density at radius 3 is 2.22 bits per heavy atom. The number of rotatable bonds is 4. The molecule has 1 saturated heterocycles. The summed E-state index contributed by atoms with van der Waals surface area (Å²) in [6.45, 7) is 1.45. The van der Waals surface area contributed by atoms with Crippen LogP contribution in [0.1, 0.15) is 34.9 Å². The quantitative estimate of drug-likeness (QED) is 0.141. The normalized spacial score (nSPS) is 17.0. The maximum absolute atomic E-state index is 14.7. The van der Waals surface area contributed by atoms with Gasteiger partial charge in [0.2, 0.25) is 0 Å². The number of hydrogen-bond donors (Lipinski definition) is 3.